The standard InChI is InChI=1S/C12H21N3O2S/c1-4-15-8-12(13-10(15)3)18(16,17)14-11-6-5-9(2)7-11/h8-9,11,14H,4-7H2,1-3H3. The zero-order valence-electron chi connectivity index (χ0n) is 11.2. The summed E-state index contributed by atoms with van der Waals surface area (Å²) in [6.45, 7) is 6.68. The lowest BCUT2D eigenvalue weighted by molar-refractivity contribution is 0.536. The average molecular weight is 271 g/mol. The van der Waals surface area contributed by atoms with Crippen molar-refractivity contribution < 1.29 is 8.42 Å². The maximum Gasteiger partial charge on any atom is 0.259 e. The Balaban J connectivity index is 2.15. The van der Waals surface area contributed by atoms with Crippen LogP contribution in [0.3, 0.4) is 0 Å². The molecule has 1 N–H and O–H groups in total. The second-order valence-electron chi connectivity index (χ2n) is 5.15. The van der Waals surface area contributed by atoms with Gasteiger partial charge in [0.2, 0.25) is 0 Å². The van der Waals surface area contributed by atoms with Gasteiger partial charge in [-0.25, -0.2) is 18.1 Å². The Labute approximate surface area is 109 Å². The first-order chi connectivity index (χ1) is 8.42. The van der Waals surface area contributed by atoms with Crippen LogP contribution in [-0.2, 0) is 16.6 Å². The lowest BCUT2D eigenvalue weighted by Crippen LogP contribution is -2.33. The minimum absolute atomic E-state index is 0.0667. The molecule has 102 valence electrons. The molecule has 1 saturated carbocycles. The zero-order chi connectivity index (χ0) is 13.3. The van der Waals surface area contributed by atoms with E-state index in [1.165, 1.54) is 0 Å². The molecule has 0 radical (unpaired) electrons. The van der Waals surface area contributed by atoms with Crippen molar-refractivity contribution in [3.05, 3.63) is 12.0 Å². The van der Waals surface area contributed by atoms with Gasteiger partial charge < -0.3 is 4.57 Å². The van der Waals surface area contributed by atoms with Crippen molar-refractivity contribution in [3.8, 4) is 0 Å². The van der Waals surface area contributed by atoms with Crippen molar-refractivity contribution in [2.75, 3.05) is 0 Å². The number of imidazole rings is 1. The van der Waals surface area contributed by atoms with E-state index in [0.29, 0.717) is 5.92 Å². The molecule has 0 aromatic carbocycles. The van der Waals surface area contributed by atoms with Gasteiger partial charge in [-0.3, -0.25) is 0 Å². The molecule has 0 bridgehead atoms. The van der Waals surface area contributed by atoms with Gasteiger partial charge in [-0.15, -0.1) is 0 Å². The highest BCUT2D eigenvalue weighted by molar-refractivity contribution is 7.89. The van der Waals surface area contributed by atoms with Crippen molar-refractivity contribution in [1.82, 2.24) is 14.3 Å². The van der Waals surface area contributed by atoms with Crippen LogP contribution in [0.2, 0.25) is 0 Å². The number of rotatable bonds is 4. The molecule has 0 spiro atoms. The van der Waals surface area contributed by atoms with E-state index in [9.17, 15) is 8.42 Å². The second-order valence-corrected chi connectivity index (χ2v) is 6.81. The third-order valence-corrected chi connectivity index (χ3v) is 4.98. The number of nitrogens with zero attached hydrogens (tertiary/aromatic N) is 2. The Morgan fingerprint density at radius 1 is 1.50 bits per heavy atom. The zero-order valence-corrected chi connectivity index (χ0v) is 12.0. The minimum atomic E-state index is -3.46. The van der Waals surface area contributed by atoms with Crippen molar-refractivity contribution in [1.29, 1.82) is 0 Å². The summed E-state index contributed by atoms with van der Waals surface area (Å²) in [5.41, 5.74) is 0. The van der Waals surface area contributed by atoms with Crippen LogP contribution in [0.25, 0.3) is 0 Å². The molecule has 1 aromatic heterocycles. The van der Waals surface area contributed by atoms with Crippen LogP contribution in [0, 0.1) is 12.8 Å². The fraction of sp³-hybridized carbons (Fsp3) is 0.750. The topological polar surface area (TPSA) is 64.0 Å². The van der Waals surface area contributed by atoms with Crippen molar-refractivity contribution in [2.24, 2.45) is 5.92 Å². The third kappa shape index (κ3) is 2.75. The van der Waals surface area contributed by atoms with Gasteiger partial charge >= 0.3 is 0 Å². The molecule has 0 aliphatic heterocycles. The third-order valence-electron chi connectivity index (χ3n) is 3.59. The van der Waals surface area contributed by atoms with Gasteiger partial charge in [0.05, 0.1) is 0 Å². The van der Waals surface area contributed by atoms with Gasteiger partial charge in [0, 0.05) is 18.8 Å². The Kier molecular flexibility index (Phi) is 3.77. The van der Waals surface area contributed by atoms with E-state index in [1.54, 1.807) is 6.20 Å². The van der Waals surface area contributed by atoms with E-state index in [4.69, 9.17) is 0 Å². The molecule has 1 heterocycles. The number of hydrogen-bond donors (Lipinski definition) is 1. The van der Waals surface area contributed by atoms with Crippen LogP contribution in [0.5, 0.6) is 0 Å². The summed E-state index contributed by atoms with van der Waals surface area (Å²) in [6, 6.07) is 0.0667. The fourth-order valence-corrected chi connectivity index (χ4v) is 3.81. The van der Waals surface area contributed by atoms with Crippen LogP contribution in [0.1, 0.15) is 38.9 Å². The quantitative estimate of drug-likeness (QED) is 0.906. The maximum atomic E-state index is 12.2. The number of sulfonamides is 1. The molecular formula is C12H21N3O2S. The second kappa shape index (κ2) is 5.01. The number of aromatic nitrogens is 2. The van der Waals surface area contributed by atoms with Crippen molar-refractivity contribution in [3.63, 3.8) is 0 Å². The molecule has 2 atom stereocenters. The van der Waals surface area contributed by atoms with Crippen LogP contribution >= 0.6 is 0 Å². The highest BCUT2D eigenvalue weighted by atomic mass is 32.2. The minimum Gasteiger partial charge on any atom is -0.334 e. The largest absolute Gasteiger partial charge is 0.334 e. The summed E-state index contributed by atoms with van der Waals surface area (Å²) in [6.07, 6.45) is 4.55. The smallest absolute Gasteiger partial charge is 0.259 e. The van der Waals surface area contributed by atoms with Gasteiger partial charge in [0.15, 0.2) is 5.03 Å². The Morgan fingerprint density at radius 3 is 2.72 bits per heavy atom. The molecule has 2 rings (SSSR count). The Hall–Kier alpha value is -0.880. The van der Waals surface area contributed by atoms with Gasteiger partial charge in [0.1, 0.15) is 5.82 Å². The Morgan fingerprint density at radius 2 is 2.22 bits per heavy atom. The predicted octanol–water partition coefficient (Wildman–Crippen LogP) is 1.68. The van der Waals surface area contributed by atoms with E-state index in [-0.39, 0.29) is 11.1 Å². The SMILES string of the molecule is CCn1cc(S(=O)(=O)NC2CCC(C)C2)nc1C. The van der Waals surface area contributed by atoms with Gasteiger partial charge in [-0.05, 0) is 39.0 Å². The first-order valence-corrected chi connectivity index (χ1v) is 7.96. The van der Waals surface area contributed by atoms with E-state index in [1.807, 2.05) is 18.4 Å². The summed E-state index contributed by atoms with van der Waals surface area (Å²) in [5, 5.41) is 0.140. The molecule has 5 nitrogen and oxygen atoms in total. The first kappa shape index (κ1) is 13.5. The maximum absolute atomic E-state index is 12.2. The molecule has 1 aliphatic rings. The monoisotopic (exact) mass is 271 g/mol. The first-order valence-electron chi connectivity index (χ1n) is 6.48. The average Bonchev–Trinajstić information content (AvgIpc) is 2.84. The van der Waals surface area contributed by atoms with Crippen LogP contribution in [0.15, 0.2) is 11.2 Å². The lowest BCUT2D eigenvalue weighted by Gasteiger charge is -2.11. The van der Waals surface area contributed by atoms with Crippen LogP contribution in [-0.4, -0.2) is 24.0 Å². The Bertz CT molecular complexity index is 521. The number of hydrogen-bond acceptors (Lipinski definition) is 3. The molecule has 2 unspecified atom stereocenters. The fourth-order valence-electron chi connectivity index (χ4n) is 2.52. The van der Waals surface area contributed by atoms with Gasteiger partial charge in [0.25, 0.3) is 10.0 Å². The summed E-state index contributed by atoms with van der Waals surface area (Å²) in [5.74, 6) is 1.34. The van der Waals surface area contributed by atoms with Crippen molar-refractivity contribution in [2.45, 2.75) is 57.6 Å². The van der Waals surface area contributed by atoms with Crippen molar-refractivity contribution >= 4 is 10.0 Å². The molecule has 0 saturated heterocycles. The molecule has 0 amide bonds. The molecule has 1 aromatic rings. The van der Waals surface area contributed by atoms with E-state index in [2.05, 4.69) is 16.6 Å². The molecular weight excluding hydrogens is 250 g/mol. The number of nitrogens with one attached hydrogen (secondary N) is 1. The summed E-state index contributed by atoms with van der Waals surface area (Å²) in [7, 11) is -3.46. The van der Waals surface area contributed by atoms with E-state index in [0.717, 1.165) is 31.6 Å². The summed E-state index contributed by atoms with van der Waals surface area (Å²) >= 11 is 0. The normalized spacial score (nSPS) is 24.6. The molecule has 1 fully saturated rings. The molecule has 18 heavy (non-hydrogen) atoms. The van der Waals surface area contributed by atoms with Gasteiger partial charge in [-0.2, -0.15) is 0 Å². The number of aryl methyl sites for hydroxylation is 2. The molecule has 6 heteroatoms. The summed E-state index contributed by atoms with van der Waals surface area (Å²) in [4.78, 5) is 4.13. The van der Waals surface area contributed by atoms with Gasteiger partial charge in [-0.1, -0.05) is 6.92 Å². The summed E-state index contributed by atoms with van der Waals surface area (Å²) < 4.78 is 29.0. The van der Waals surface area contributed by atoms with E-state index < -0.39 is 10.0 Å². The highest BCUT2D eigenvalue weighted by Gasteiger charge is 2.28. The highest BCUT2D eigenvalue weighted by Crippen LogP contribution is 2.25. The predicted molar refractivity (Wildman–Crippen MR) is 69.8 cm³/mol. The lowest BCUT2D eigenvalue weighted by atomic mass is 10.1. The van der Waals surface area contributed by atoms with Crippen LogP contribution in [0.4, 0.5) is 0 Å². The molecule has 1 aliphatic carbocycles. The van der Waals surface area contributed by atoms with E-state index >= 15 is 0 Å². The van der Waals surface area contributed by atoms with Crippen LogP contribution < -0.4 is 4.72 Å².